The SMILES string of the molecule is Cc1cc(C)c(NC(=O)c2cc(-c3ccccc3Cl)nc3ccccc23)c(C)c1. The van der Waals surface area contributed by atoms with E-state index in [1.807, 2.05) is 68.4 Å². The number of anilines is 1. The molecule has 4 aromatic rings. The molecule has 0 aliphatic carbocycles. The Morgan fingerprint density at radius 1 is 0.897 bits per heavy atom. The van der Waals surface area contributed by atoms with Gasteiger partial charge in [-0.15, -0.1) is 0 Å². The molecule has 3 nitrogen and oxygen atoms in total. The van der Waals surface area contributed by atoms with Crippen LogP contribution in [0.15, 0.2) is 66.7 Å². The molecule has 0 atom stereocenters. The number of halogens is 1. The van der Waals surface area contributed by atoms with Gasteiger partial charge in [0.05, 0.1) is 16.8 Å². The molecule has 0 saturated heterocycles. The molecule has 1 N–H and O–H groups in total. The molecule has 0 saturated carbocycles. The van der Waals surface area contributed by atoms with Crippen LogP contribution in [0.3, 0.4) is 0 Å². The maximum atomic E-state index is 13.3. The molecule has 1 amide bonds. The standard InChI is InChI=1S/C25H21ClN2O/c1-15-12-16(2)24(17(3)13-15)28-25(29)20-14-23(19-9-4-6-10-21(19)26)27-22-11-7-5-8-18(20)22/h4-14H,1-3H3,(H,28,29). The second kappa shape index (κ2) is 7.69. The van der Waals surface area contributed by atoms with Gasteiger partial charge in [-0.2, -0.15) is 0 Å². The quantitative estimate of drug-likeness (QED) is 0.414. The molecule has 0 radical (unpaired) electrons. The first-order valence-corrected chi connectivity index (χ1v) is 9.86. The highest BCUT2D eigenvalue weighted by atomic mass is 35.5. The summed E-state index contributed by atoms with van der Waals surface area (Å²) in [4.78, 5) is 18.1. The number of para-hydroxylation sites is 1. The summed E-state index contributed by atoms with van der Waals surface area (Å²) in [5.74, 6) is -0.160. The Labute approximate surface area is 175 Å². The van der Waals surface area contributed by atoms with E-state index in [1.54, 1.807) is 0 Å². The second-order valence-corrected chi connectivity index (χ2v) is 7.69. The van der Waals surface area contributed by atoms with E-state index in [0.29, 0.717) is 16.3 Å². The Hall–Kier alpha value is -3.17. The summed E-state index contributed by atoms with van der Waals surface area (Å²) in [6, 6.07) is 21.2. The lowest BCUT2D eigenvalue weighted by atomic mass is 10.0. The van der Waals surface area contributed by atoms with E-state index in [0.717, 1.165) is 33.3 Å². The first-order chi connectivity index (χ1) is 13.9. The summed E-state index contributed by atoms with van der Waals surface area (Å²) >= 11 is 6.39. The van der Waals surface area contributed by atoms with Crippen molar-refractivity contribution in [1.29, 1.82) is 0 Å². The Morgan fingerprint density at radius 2 is 1.55 bits per heavy atom. The highest BCUT2D eigenvalue weighted by molar-refractivity contribution is 6.33. The molecule has 144 valence electrons. The number of carbonyl (C=O) groups is 1. The number of aryl methyl sites for hydroxylation is 3. The Balaban J connectivity index is 1.85. The van der Waals surface area contributed by atoms with Gasteiger partial charge in [-0.05, 0) is 50.1 Å². The van der Waals surface area contributed by atoms with Crippen LogP contribution in [-0.2, 0) is 0 Å². The minimum atomic E-state index is -0.160. The lowest BCUT2D eigenvalue weighted by Crippen LogP contribution is -2.15. The van der Waals surface area contributed by atoms with Gasteiger partial charge < -0.3 is 5.32 Å². The van der Waals surface area contributed by atoms with Crippen molar-refractivity contribution in [2.45, 2.75) is 20.8 Å². The molecule has 0 aliphatic rings. The summed E-state index contributed by atoms with van der Waals surface area (Å²) in [5, 5.41) is 4.52. The lowest BCUT2D eigenvalue weighted by molar-refractivity contribution is 0.102. The number of nitrogens with zero attached hydrogens (tertiary/aromatic N) is 1. The summed E-state index contributed by atoms with van der Waals surface area (Å²) in [7, 11) is 0. The van der Waals surface area contributed by atoms with Crippen molar-refractivity contribution in [2.24, 2.45) is 0 Å². The van der Waals surface area contributed by atoms with Gasteiger partial charge in [0.15, 0.2) is 0 Å². The van der Waals surface area contributed by atoms with E-state index in [4.69, 9.17) is 16.6 Å². The molecule has 0 unspecified atom stereocenters. The van der Waals surface area contributed by atoms with Crippen LogP contribution in [0.5, 0.6) is 0 Å². The molecular formula is C25H21ClN2O. The van der Waals surface area contributed by atoms with Gasteiger partial charge in [-0.25, -0.2) is 4.98 Å². The molecule has 4 heteroatoms. The van der Waals surface area contributed by atoms with Crippen LogP contribution in [0.4, 0.5) is 5.69 Å². The second-order valence-electron chi connectivity index (χ2n) is 7.28. The van der Waals surface area contributed by atoms with Crippen LogP contribution in [-0.4, -0.2) is 10.9 Å². The normalized spacial score (nSPS) is 10.9. The fraction of sp³-hybridized carbons (Fsp3) is 0.120. The van der Waals surface area contributed by atoms with Crippen LogP contribution in [0.2, 0.25) is 5.02 Å². The monoisotopic (exact) mass is 400 g/mol. The minimum Gasteiger partial charge on any atom is -0.321 e. The van der Waals surface area contributed by atoms with E-state index in [-0.39, 0.29) is 5.91 Å². The van der Waals surface area contributed by atoms with E-state index >= 15 is 0 Å². The summed E-state index contributed by atoms with van der Waals surface area (Å²) in [6.45, 7) is 6.07. The topological polar surface area (TPSA) is 42.0 Å². The maximum Gasteiger partial charge on any atom is 0.256 e. The lowest BCUT2D eigenvalue weighted by Gasteiger charge is -2.15. The number of hydrogen-bond acceptors (Lipinski definition) is 2. The summed E-state index contributed by atoms with van der Waals surface area (Å²) in [6.07, 6.45) is 0. The predicted molar refractivity (Wildman–Crippen MR) is 121 cm³/mol. The average molecular weight is 401 g/mol. The van der Waals surface area contributed by atoms with Crippen LogP contribution < -0.4 is 5.32 Å². The first kappa shape index (κ1) is 19.2. The van der Waals surface area contributed by atoms with Crippen molar-refractivity contribution in [3.05, 3.63) is 94.0 Å². The van der Waals surface area contributed by atoms with Gasteiger partial charge in [0, 0.05) is 21.7 Å². The van der Waals surface area contributed by atoms with Crippen LogP contribution in [0.1, 0.15) is 27.0 Å². The number of fused-ring (bicyclic) bond motifs is 1. The number of hydrogen-bond donors (Lipinski definition) is 1. The number of benzene rings is 3. The van der Waals surface area contributed by atoms with Crippen molar-refractivity contribution in [3.63, 3.8) is 0 Å². The first-order valence-electron chi connectivity index (χ1n) is 9.48. The largest absolute Gasteiger partial charge is 0.321 e. The van der Waals surface area contributed by atoms with Gasteiger partial charge in [0.1, 0.15) is 0 Å². The summed E-state index contributed by atoms with van der Waals surface area (Å²) < 4.78 is 0. The molecule has 0 bridgehead atoms. The molecule has 0 spiro atoms. The number of pyridine rings is 1. The van der Waals surface area contributed by atoms with E-state index in [9.17, 15) is 4.79 Å². The molecule has 0 fully saturated rings. The van der Waals surface area contributed by atoms with Crippen LogP contribution >= 0.6 is 11.6 Å². The van der Waals surface area contributed by atoms with Gasteiger partial charge in [0.25, 0.3) is 5.91 Å². The van der Waals surface area contributed by atoms with Crippen molar-refractivity contribution in [1.82, 2.24) is 4.98 Å². The highest BCUT2D eigenvalue weighted by Crippen LogP contribution is 2.30. The fourth-order valence-corrected chi connectivity index (χ4v) is 3.96. The third-order valence-electron chi connectivity index (χ3n) is 5.03. The number of rotatable bonds is 3. The van der Waals surface area contributed by atoms with Crippen molar-refractivity contribution in [2.75, 3.05) is 5.32 Å². The van der Waals surface area contributed by atoms with Crippen LogP contribution in [0.25, 0.3) is 22.2 Å². The third-order valence-corrected chi connectivity index (χ3v) is 5.36. The molecule has 0 aliphatic heterocycles. The minimum absolute atomic E-state index is 0.160. The van der Waals surface area contributed by atoms with Crippen molar-refractivity contribution < 1.29 is 4.79 Å². The number of carbonyl (C=O) groups excluding carboxylic acids is 1. The Kier molecular flexibility index (Phi) is 5.08. The molecule has 1 heterocycles. The number of nitrogens with one attached hydrogen (secondary N) is 1. The predicted octanol–water partition coefficient (Wildman–Crippen LogP) is 6.73. The highest BCUT2D eigenvalue weighted by Gasteiger charge is 2.17. The van der Waals surface area contributed by atoms with E-state index in [2.05, 4.69) is 24.4 Å². The molecule has 3 aromatic carbocycles. The zero-order valence-electron chi connectivity index (χ0n) is 16.6. The zero-order valence-corrected chi connectivity index (χ0v) is 17.3. The van der Waals surface area contributed by atoms with Gasteiger partial charge in [0.2, 0.25) is 0 Å². The molecular weight excluding hydrogens is 380 g/mol. The number of aromatic nitrogens is 1. The fourth-order valence-electron chi connectivity index (χ4n) is 3.73. The Morgan fingerprint density at radius 3 is 2.28 bits per heavy atom. The smallest absolute Gasteiger partial charge is 0.256 e. The third kappa shape index (κ3) is 3.74. The maximum absolute atomic E-state index is 13.3. The van der Waals surface area contributed by atoms with Crippen molar-refractivity contribution in [3.8, 4) is 11.3 Å². The van der Waals surface area contributed by atoms with Crippen molar-refractivity contribution >= 4 is 34.1 Å². The summed E-state index contributed by atoms with van der Waals surface area (Å²) in [5.41, 5.74) is 6.92. The van der Waals surface area contributed by atoms with Gasteiger partial charge in [-0.1, -0.05) is 65.7 Å². The van der Waals surface area contributed by atoms with Crippen LogP contribution in [0, 0.1) is 20.8 Å². The molecule has 1 aromatic heterocycles. The average Bonchev–Trinajstić information content (AvgIpc) is 2.70. The molecule has 4 rings (SSSR count). The zero-order chi connectivity index (χ0) is 20.5. The van der Waals surface area contributed by atoms with E-state index in [1.165, 1.54) is 5.56 Å². The van der Waals surface area contributed by atoms with Gasteiger partial charge in [-0.3, -0.25) is 4.79 Å². The Bertz CT molecular complexity index is 1220. The molecule has 29 heavy (non-hydrogen) atoms. The van der Waals surface area contributed by atoms with E-state index < -0.39 is 0 Å². The number of amides is 1. The van der Waals surface area contributed by atoms with Gasteiger partial charge >= 0.3 is 0 Å².